The highest BCUT2D eigenvalue weighted by Crippen LogP contribution is 2.02. The van der Waals surface area contributed by atoms with E-state index in [4.69, 9.17) is 5.84 Å². The molecule has 0 atom stereocenters. The number of aromatic nitrogens is 5. The molecule has 7 heteroatoms. The van der Waals surface area contributed by atoms with Gasteiger partial charge in [-0.05, 0) is 10.4 Å². The number of hydrogen-bond donors (Lipinski definition) is 2. The SMILES string of the molecule is NNc1cncc2nnnn12. The molecule has 0 fully saturated rings. The summed E-state index contributed by atoms with van der Waals surface area (Å²) in [7, 11) is 0. The highest BCUT2D eigenvalue weighted by atomic mass is 15.5. The van der Waals surface area contributed by atoms with Crippen LogP contribution >= 0.6 is 0 Å². The van der Waals surface area contributed by atoms with Crippen LogP contribution in [0.4, 0.5) is 5.82 Å². The van der Waals surface area contributed by atoms with Crippen molar-refractivity contribution in [3.05, 3.63) is 12.4 Å². The summed E-state index contributed by atoms with van der Waals surface area (Å²) < 4.78 is 1.45. The van der Waals surface area contributed by atoms with Gasteiger partial charge in [0.05, 0.1) is 12.4 Å². The van der Waals surface area contributed by atoms with Gasteiger partial charge in [-0.1, -0.05) is 0 Å². The van der Waals surface area contributed by atoms with Crippen LogP contribution in [0.2, 0.25) is 0 Å². The Morgan fingerprint density at radius 2 is 2.36 bits per heavy atom. The molecule has 11 heavy (non-hydrogen) atoms. The molecule has 2 heterocycles. The molecule has 0 aliphatic rings. The van der Waals surface area contributed by atoms with E-state index in [-0.39, 0.29) is 0 Å². The summed E-state index contributed by atoms with van der Waals surface area (Å²) in [6.07, 6.45) is 3.07. The molecular weight excluding hydrogens is 146 g/mol. The lowest BCUT2D eigenvalue weighted by Crippen LogP contribution is -2.11. The molecule has 3 N–H and O–H groups in total. The Morgan fingerprint density at radius 3 is 3.18 bits per heavy atom. The van der Waals surface area contributed by atoms with Gasteiger partial charge < -0.3 is 5.43 Å². The first kappa shape index (κ1) is 5.98. The van der Waals surface area contributed by atoms with E-state index in [1.165, 1.54) is 10.7 Å². The molecule has 0 aromatic carbocycles. The quantitative estimate of drug-likeness (QED) is 0.393. The Labute approximate surface area is 61.2 Å². The molecule has 56 valence electrons. The number of anilines is 1. The number of tetrazole rings is 1. The standard InChI is InChI=1S/C4H5N7/c5-7-3-1-6-2-4-8-9-10-11(3)4/h1-2,7H,5H2. The summed E-state index contributed by atoms with van der Waals surface area (Å²) in [5, 5.41) is 10.8. The highest BCUT2D eigenvalue weighted by molar-refractivity contribution is 5.42. The first-order chi connectivity index (χ1) is 5.42. The van der Waals surface area contributed by atoms with Crippen LogP contribution in [0.1, 0.15) is 0 Å². The molecule has 0 saturated heterocycles. The lowest BCUT2D eigenvalue weighted by atomic mass is 10.6. The molecule has 0 unspecified atom stereocenters. The summed E-state index contributed by atoms with van der Waals surface area (Å²) in [4.78, 5) is 3.85. The Hall–Kier alpha value is -1.76. The van der Waals surface area contributed by atoms with Gasteiger partial charge in [0.15, 0.2) is 11.5 Å². The maximum atomic E-state index is 5.17. The van der Waals surface area contributed by atoms with Gasteiger partial charge >= 0.3 is 0 Å². The van der Waals surface area contributed by atoms with Crippen LogP contribution in [-0.2, 0) is 0 Å². The van der Waals surface area contributed by atoms with E-state index in [2.05, 4.69) is 25.9 Å². The fraction of sp³-hybridized carbons (Fsp3) is 0. The number of nitrogen functional groups attached to an aromatic ring is 1. The molecule has 2 aromatic heterocycles. The third-order valence-corrected chi connectivity index (χ3v) is 1.26. The molecular formula is C4H5N7. The van der Waals surface area contributed by atoms with Crippen LogP contribution in [0.15, 0.2) is 12.4 Å². The minimum Gasteiger partial charge on any atom is -0.307 e. The second kappa shape index (κ2) is 2.13. The molecule has 0 saturated carbocycles. The summed E-state index contributed by atoms with van der Waals surface area (Å²) >= 11 is 0. The zero-order valence-corrected chi connectivity index (χ0v) is 5.47. The summed E-state index contributed by atoms with van der Waals surface area (Å²) in [5.74, 6) is 5.72. The molecule has 0 aliphatic heterocycles. The molecule has 0 aliphatic carbocycles. The van der Waals surface area contributed by atoms with Gasteiger partial charge in [-0.15, -0.1) is 5.10 Å². The zero-order valence-electron chi connectivity index (χ0n) is 5.47. The minimum absolute atomic E-state index is 0.549. The van der Waals surface area contributed by atoms with E-state index in [0.29, 0.717) is 11.5 Å². The average Bonchev–Trinajstić information content (AvgIpc) is 2.50. The van der Waals surface area contributed by atoms with Crippen LogP contribution in [-0.4, -0.2) is 25.0 Å². The van der Waals surface area contributed by atoms with Gasteiger partial charge in [0.25, 0.3) is 0 Å². The summed E-state index contributed by atoms with van der Waals surface area (Å²) in [6, 6.07) is 0. The molecule has 0 spiro atoms. The smallest absolute Gasteiger partial charge is 0.199 e. The predicted molar refractivity (Wildman–Crippen MR) is 36.4 cm³/mol. The first-order valence-electron chi connectivity index (χ1n) is 2.90. The van der Waals surface area contributed by atoms with E-state index in [9.17, 15) is 0 Å². The van der Waals surface area contributed by atoms with Gasteiger partial charge in [0.1, 0.15) is 0 Å². The average molecular weight is 151 g/mol. The Morgan fingerprint density at radius 1 is 1.45 bits per heavy atom. The van der Waals surface area contributed by atoms with E-state index in [1.807, 2.05) is 0 Å². The van der Waals surface area contributed by atoms with Crippen molar-refractivity contribution < 1.29 is 0 Å². The lowest BCUT2D eigenvalue weighted by Gasteiger charge is -1.97. The van der Waals surface area contributed by atoms with Crippen molar-refractivity contribution >= 4 is 11.5 Å². The topological polar surface area (TPSA) is 94.0 Å². The van der Waals surface area contributed by atoms with Crippen molar-refractivity contribution in [2.75, 3.05) is 5.43 Å². The fourth-order valence-electron chi connectivity index (χ4n) is 0.774. The highest BCUT2D eigenvalue weighted by Gasteiger charge is 1.99. The van der Waals surface area contributed by atoms with Gasteiger partial charge in [0, 0.05) is 0 Å². The van der Waals surface area contributed by atoms with Gasteiger partial charge in [-0.3, -0.25) is 4.98 Å². The fourth-order valence-corrected chi connectivity index (χ4v) is 0.774. The Balaban J connectivity index is 2.79. The number of hydrazine groups is 1. The van der Waals surface area contributed by atoms with Crippen LogP contribution in [0.3, 0.4) is 0 Å². The molecule has 2 aromatic rings. The third-order valence-electron chi connectivity index (χ3n) is 1.26. The van der Waals surface area contributed by atoms with E-state index >= 15 is 0 Å². The molecule has 0 bridgehead atoms. The monoisotopic (exact) mass is 151 g/mol. The molecule has 2 rings (SSSR count). The number of rotatable bonds is 1. The maximum Gasteiger partial charge on any atom is 0.199 e. The first-order valence-corrected chi connectivity index (χ1v) is 2.90. The van der Waals surface area contributed by atoms with Crippen molar-refractivity contribution in [2.24, 2.45) is 5.84 Å². The number of fused-ring (bicyclic) bond motifs is 1. The van der Waals surface area contributed by atoms with E-state index in [1.54, 1.807) is 6.20 Å². The van der Waals surface area contributed by atoms with Crippen LogP contribution in [0, 0.1) is 0 Å². The number of hydrogen-bond acceptors (Lipinski definition) is 6. The largest absolute Gasteiger partial charge is 0.307 e. The maximum absolute atomic E-state index is 5.17. The Bertz CT molecular complexity index is 365. The van der Waals surface area contributed by atoms with E-state index < -0.39 is 0 Å². The van der Waals surface area contributed by atoms with Crippen LogP contribution in [0.25, 0.3) is 5.65 Å². The molecule has 0 radical (unpaired) electrons. The van der Waals surface area contributed by atoms with Crippen LogP contribution < -0.4 is 11.3 Å². The zero-order chi connectivity index (χ0) is 7.68. The summed E-state index contributed by atoms with van der Waals surface area (Å²) in [5.41, 5.74) is 2.97. The van der Waals surface area contributed by atoms with Crippen LogP contribution in [0.5, 0.6) is 0 Å². The second-order valence-electron chi connectivity index (χ2n) is 1.89. The Kier molecular flexibility index (Phi) is 1.16. The predicted octanol–water partition coefficient (Wildman–Crippen LogP) is -1.20. The number of nitrogens with one attached hydrogen (secondary N) is 1. The van der Waals surface area contributed by atoms with Gasteiger partial charge in [0.2, 0.25) is 0 Å². The van der Waals surface area contributed by atoms with Gasteiger partial charge in [-0.2, -0.15) is 4.52 Å². The molecule has 0 amide bonds. The van der Waals surface area contributed by atoms with Crippen molar-refractivity contribution in [3.8, 4) is 0 Å². The van der Waals surface area contributed by atoms with Crippen molar-refractivity contribution in [1.29, 1.82) is 0 Å². The van der Waals surface area contributed by atoms with E-state index in [0.717, 1.165) is 0 Å². The van der Waals surface area contributed by atoms with Crippen molar-refractivity contribution in [3.63, 3.8) is 0 Å². The number of nitrogens with zero attached hydrogens (tertiary/aromatic N) is 5. The second-order valence-corrected chi connectivity index (χ2v) is 1.89. The lowest BCUT2D eigenvalue weighted by molar-refractivity contribution is 0.822. The minimum atomic E-state index is 0.549. The van der Waals surface area contributed by atoms with Crippen molar-refractivity contribution in [1.82, 2.24) is 25.0 Å². The van der Waals surface area contributed by atoms with Crippen molar-refractivity contribution in [2.45, 2.75) is 0 Å². The number of nitrogens with two attached hydrogens (primary N) is 1. The third kappa shape index (κ3) is 0.783. The summed E-state index contributed by atoms with van der Waals surface area (Å²) in [6.45, 7) is 0. The van der Waals surface area contributed by atoms with Gasteiger partial charge in [-0.25, -0.2) is 5.84 Å². The molecule has 7 nitrogen and oxygen atoms in total. The normalized spacial score (nSPS) is 10.3.